The van der Waals surface area contributed by atoms with Gasteiger partial charge in [-0.05, 0) is 19.4 Å². The van der Waals surface area contributed by atoms with E-state index in [0.717, 1.165) is 0 Å². The Morgan fingerprint density at radius 2 is 1.71 bits per heavy atom. The molecule has 0 radical (unpaired) electrons. The van der Waals surface area contributed by atoms with Gasteiger partial charge in [-0.25, -0.2) is 27.1 Å². The number of rotatable bonds is 4. The fourth-order valence-corrected chi connectivity index (χ4v) is 2.51. The Balaban J connectivity index is 4.98. The van der Waals surface area contributed by atoms with E-state index in [1.807, 2.05) is 0 Å². The molecule has 0 saturated heterocycles. The van der Waals surface area contributed by atoms with Crippen LogP contribution in [0.4, 0.5) is 0 Å². The van der Waals surface area contributed by atoms with Gasteiger partial charge in [-0.3, -0.25) is 0 Å². The van der Waals surface area contributed by atoms with E-state index < -0.39 is 31.0 Å². The average Bonchev–Trinajstić information content (AvgIpc) is 1.95. The first-order valence-electron chi connectivity index (χ1n) is 3.75. The summed E-state index contributed by atoms with van der Waals surface area (Å²) in [5.74, 6) is -0.499. The van der Waals surface area contributed by atoms with Gasteiger partial charge >= 0.3 is 0 Å². The summed E-state index contributed by atoms with van der Waals surface area (Å²) < 4.78 is 43.3. The molecular weight excluding hydrogens is 228 g/mol. The molecule has 1 unspecified atom stereocenters. The molecule has 0 aromatic heterocycles. The molecule has 0 aliphatic heterocycles. The number of allylic oxidation sites excluding steroid dienone is 1. The van der Waals surface area contributed by atoms with Gasteiger partial charge in [0.15, 0.2) is 0 Å². The Hall–Kier alpha value is -0.440. The minimum atomic E-state index is -3.77. The molecule has 0 rings (SSSR count). The lowest BCUT2D eigenvalue weighted by Gasteiger charge is -2.12. The van der Waals surface area contributed by atoms with Crippen molar-refractivity contribution in [2.24, 2.45) is 10.3 Å². The largest absolute Gasteiger partial charge is 0.228 e. The fraction of sp³-hybridized carbons (Fsp3) is 0.667. The standard InChI is InChI=1S/C6H14N2O4S2/c1-3-6(4-13(7,9)10)5(2)14(8,11)12/h3,5H,4H2,1-2H3,(H2,7,9,10)(H2,8,11,12). The summed E-state index contributed by atoms with van der Waals surface area (Å²) in [5, 5.41) is 8.62. The molecule has 0 spiro atoms. The Morgan fingerprint density at radius 3 is 1.93 bits per heavy atom. The predicted molar refractivity (Wildman–Crippen MR) is 54.3 cm³/mol. The van der Waals surface area contributed by atoms with Crippen molar-refractivity contribution in [2.75, 3.05) is 5.75 Å². The van der Waals surface area contributed by atoms with Gasteiger partial charge in [0.2, 0.25) is 20.0 Å². The number of hydrogen-bond acceptors (Lipinski definition) is 4. The molecule has 0 aliphatic rings. The Kier molecular flexibility index (Phi) is 4.25. The van der Waals surface area contributed by atoms with E-state index in [1.165, 1.54) is 19.9 Å². The van der Waals surface area contributed by atoms with Crippen LogP contribution >= 0.6 is 0 Å². The van der Waals surface area contributed by atoms with Crippen molar-refractivity contribution in [1.82, 2.24) is 0 Å². The Labute approximate surface area is 84.1 Å². The SMILES string of the molecule is CC=C(CS(N)(=O)=O)C(C)S(N)(=O)=O. The van der Waals surface area contributed by atoms with Crippen LogP contribution in [0.3, 0.4) is 0 Å². The molecule has 0 aliphatic carbocycles. The maximum atomic E-state index is 10.9. The second-order valence-electron chi connectivity index (χ2n) is 2.90. The molecule has 4 N–H and O–H groups in total. The molecule has 8 heteroatoms. The number of sulfonamides is 2. The van der Waals surface area contributed by atoms with Crippen molar-refractivity contribution in [3.63, 3.8) is 0 Å². The molecular formula is C6H14N2O4S2. The topological polar surface area (TPSA) is 120 Å². The van der Waals surface area contributed by atoms with Crippen LogP contribution in [0.5, 0.6) is 0 Å². The fourth-order valence-electron chi connectivity index (χ4n) is 0.879. The highest BCUT2D eigenvalue weighted by Gasteiger charge is 2.22. The van der Waals surface area contributed by atoms with Gasteiger partial charge in [0, 0.05) is 0 Å². The second kappa shape index (κ2) is 4.39. The van der Waals surface area contributed by atoms with E-state index in [2.05, 4.69) is 0 Å². The third-order valence-corrected chi connectivity index (χ3v) is 3.78. The zero-order valence-corrected chi connectivity index (χ0v) is 9.60. The molecule has 0 aromatic carbocycles. The van der Waals surface area contributed by atoms with Crippen molar-refractivity contribution in [3.05, 3.63) is 11.6 Å². The lowest BCUT2D eigenvalue weighted by Crippen LogP contribution is -2.31. The van der Waals surface area contributed by atoms with E-state index in [1.54, 1.807) is 0 Å². The summed E-state index contributed by atoms with van der Waals surface area (Å²) in [6, 6.07) is 0. The molecule has 14 heavy (non-hydrogen) atoms. The van der Waals surface area contributed by atoms with Crippen LogP contribution in [0.2, 0.25) is 0 Å². The highest BCUT2D eigenvalue weighted by atomic mass is 32.2. The maximum absolute atomic E-state index is 10.9. The summed E-state index contributed by atoms with van der Waals surface area (Å²) in [6.07, 6.45) is 1.39. The lowest BCUT2D eigenvalue weighted by atomic mass is 10.2. The van der Waals surface area contributed by atoms with Gasteiger partial charge in [0.05, 0.1) is 11.0 Å². The summed E-state index contributed by atoms with van der Waals surface area (Å²) in [4.78, 5) is 0. The molecule has 1 atom stereocenters. The summed E-state index contributed by atoms with van der Waals surface area (Å²) in [6.45, 7) is 2.85. The van der Waals surface area contributed by atoms with E-state index in [0.29, 0.717) is 0 Å². The monoisotopic (exact) mass is 242 g/mol. The van der Waals surface area contributed by atoms with Gasteiger partial charge in [-0.1, -0.05) is 6.08 Å². The summed E-state index contributed by atoms with van der Waals surface area (Å²) in [5.41, 5.74) is 0.176. The van der Waals surface area contributed by atoms with Crippen LogP contribution in [0.15, 0.2) is 11.6 Å². The molecule has 0 amide bonds. The average molecular weight is 242 g/mol. The van der Waals surface area contributed by atoms with Gasteiger partial charge in [-0.2, -0.15) is 0 Å². The number of hydrogen-bond donors (Lipinski definition) is 2. The normalized spacial score (nSPS) is 16.7. The molecule has 0 heterocycles. The van der Waals surface area contributed by atoms with Crippen molar-refractivity contribution in [1.29, 1.82) is 0 Å². The van der Waals surface area contributed by atoms with Crippen LogP contribution < -0.4 is 10.3 Å². The summed E-state index contributed by atoms with van der Waals surface area (Å²) >= 11 is 0. The smallest absolute Gasteiger partial charge is 0.215 e. The van der Waals surface area contributed by atoms with Gasteiger partial charge in [-0.15, -0.1) is 0 Å². The zero-order valence-electron chi connectivity index (χ0n) is 7.97. The van der Waals surface area contributed by atoms with E-state index >= 15 is 0 Å². The van der Waals surface area contributed by atoms with Gasteiger partial charge in [0.1, 0.15) is 0 Å². The minimum absolute atomic E-state index is 0.176. The molecule has 84 valence electrons. The Bertz CT molecular complexity index is 421. The minimum Gasteiger partial charge on any atom is -0.228 e. The van der Waals surface area contributed by atoms with Crippen molar-refractivity contribution < 1.29 is 16.8 Å². The third-order valence-electron chi connectivity index (χ3n) is 1.75. The summed E-state index contributed by atoms with van der Waals surface area (Å²) in [7, 11) is -7.50. The van der Waals surface area contributed by atoms with Crippen LogP contribution in [-0.2, 0) is 20.0 Å². The molecule has 0 aromatic rings. The molecule has 0 bridgehead atoms. The maximum Gasteiger partial charge on any atom is 0.215 e. The first-order valence-corrected chi connectivity index (χ1v) is 7.07. The van der Waals surface area contributed by atoms with Crippen molar-refractivity contribution in [2.45, 2.75) is 19.1 Å². The van der Waals surface area contributed by atoms with Crippen LogP contribution in [0.25, 0.3) is 0 Å². The highest BCUT2D eigenvalue weighted by molar-refractivity contribution is 7.90. The van der Waals surface area contributed by atoms with E-state index in [4.69, 9.17) is 10.3 Å². The van der Waals surface area contributed by atoms with E-state index in [-0.39, 0.29) is 5.57 Å². The second-order valence-corrected chi connectivity index (χ2v) is 6.40. The van der Waals surface area contributed by atoms with Crippen molar-refractivity contribution in [3.8, 4) is 0 Å². The first kappa shape index (κ1) is 13.6. The molecule has 0 saturated carbocycles. The van der Waals surface area contributed by atoms with E-state index in [9.17, 15) is 16.8 Å². The lowest BCUT2D eigenvalue weighted by molar-refractivity contribution is 0.590. The highest BCUT2D eigenvalue weighted by Crippen LogP contribution is 2.10. The third kappa shape index (κ3) is 4.70. The molecule has 6 nitrogen and oxygen atoms in total. The first-order chi connectivity index (χ1) is 6.08. The van der Waals surface area contributed by atoms with Gasteiger partial charge < -0.3 is 0 Å². The van der Waals surface area contributed by atoms with Gasteiger partial charge in [0.25, 0.3) is 0 Å². The van der Waals surface area contributed by atoms with Crippen LogP contribution in [0, 0.1) is 0 Å². The molecule has 0 fully saturated rings. The quantitative estimate of drug-likeness (QED) is 0.608. The van der Waals surface area contributed by atoms with Crippen molar-refractivity contribution >= 4 is 20.0 Å². The zero-order chi connectivity index (χ0) is 11.6. The Morgan fingerprint density at radius 1 is 1.29 bits per heavy atom. The predicted octanol–water partition coefficient (Wildman–Crippen LogP) is -1.10. The van der Waals surface area contributed by atoms with Crippen LogP contribution in [-0.4, -0.2) is 27.8 Å². The number of primary sulfonamides is 2. The van der Waals surface area contributed by atoms with Crippen LogP contribution in [0.1, 0.15) is 13.8 Å². The number of nitrogens with two attached hydrogens (primary N) is 2.